The molecule has 3 rings (SSSR count). The third-order valence-corrected chi connectivity index (χ3v) is 11.2. The summed E-state index contributed by atoms with van der Waals surface area (Å²) < 4.78 is 13.1. The maximum Gasteiger partial charge on any atom is 0.412 e. The Morgan fingerprint density at radius 3 is 1.84 bits per heavy atom. The molecule has 5 nitrogen and oxygen atoms in total. The molecule has 6 heteroatoms. The van der Waals surface area contributed by atoms with E-state index in [1.807, 2.05) is 39.8 Å². The molecule has 0 spiro atoms. The first-order chi connectivity index (χ1) is 14.8. The first-order valence-corrected chi connectivity index (χ1v) is 13.3. The van der Waals surface area contributed by atoms with Gasteiger partial charge in [0.2, 0.25) is 0 Å². The third kappa shape index (κ3) is 4.77. The van der Waals surface area contributed by atoms with Gasteiger partial charge in [0.1, 0.15) is 11.3 Å². The standard InChI is InChI=1S/C26H38N2O3Si/c1-24(2,3)30-23(29)28-19-20(27)18-26(28,7)31-32(25(4,5)6,21-14-10-8-11-15-21)22-16-12-9-13-17-22/h8-17,20H,18-19,27H2,1-7H3/t20?,26-/m0/s1. The molecule has 1 aliphatic rings. The quantitative estimate of drug-likeness (QED) is 0.702. The predicted octanol–water partition coefficient (Wildman–Crippen LogP) is 4.25. The van der Waals surface area contributed by atoms with Crippen LogP contribution in [0.5, 0.6) is 0 Å². The Kier molecular flexibility index (Phi) is 6.62. The van der Waals surface area contributed by atoms with Gasteiger partial charge in [-0.3, -0.25) is 4.90 Å². The second-order valence-electron chi connectivity index (χ2n) is 11.0. The van der Waals surface area contributed by atoms with Crippen LogP contribution in [0, 0.1) is 0 Å². The van der Waals surface area contributed by atoms with E-state index in [0.29, 0.717) is 13.0 Å². The lowest BCUT2D eigenvalue weighted by Crippen LogP contribution is -2.71. The van der Waals surface area contributed by atoms with Gasteiger partial charge < -0.3 is 14.9 Å². The Labute approximate surface area is 194 Å². The Morgan fingerprint density at radius 1 is 0.969 bits per heavy atom. The van der Waals surface area contributed by atoms with Crippen LogP contribution in [0.4, 0.5) is 4.79 Å². The normalized spacial score (nSPS) is 22.1. The SMILES string of the molecule is CC(C)(C)OC(=O)N1CC(N)C[C@]1(C)O[Si](c1ccccc1)(c1ccccc1)C(C)(C)C. The van der Waals surface area contributed by atoms with Crippen molar-refractivity contribution in [2.75, 3.05) is 6.54 Å². The van der Waals surface area contributed by atoms with Gasteiger partial charge in [0.15, 0.2) is 0 Å². The van der Waals surface area contributed by atoms with Gasteiger partial charge in [0, 0.05) is 19.0 Å². The molecule has 32 heavy (non-hydrogen) atoms. The molecule has 0 saturated carbocycles. The van der Waals surface area contributed by atoms with Gasteiger partial charge in [0.25, 0.3) is 8.32 Å². The van der Waals surface area contributed by atoms with Crippen LogP contribution in [0.15, 0.2) is 60.7 Å². The summed E-state index contributed by atoms with van der Waals surface area (Å²) in [5.74, 6) is 0. The van der Waals surface area contributed by atoms with Crippen LogP contribution in [0.2, 0.25) is 5.04 Å². The van der Waals surface area contributed by atoms with Crippen molar-refractivity contribution < 1.29 is 14.0 Å². The summed E-state index contributed by atoms with van der Waals surface area (Å²) in [5, 5.41) is 2.14. The van der Waals surface area contributed by atoms with Crippen LogP contribution in [0.3, 0.4) is 0 Å². The van der Waals surface area contributed by atoms with E-state index >= 15 is 0 Å². The van der Waals surface area contributed by atoms with Crippen molar-refractivity contribution in [1.29, 1.82) is 0 Å². The zero-order chi connectivity index (χ0) is 23.8. The number of hydrogen-bond acceptors (Lipinski definition) is 4. The Morgan fingerprint density at radius 2 is 1.44 bits per heavy atom. The fourth-order valence-electron chi connectivity index (χ4n) is 4.75. The molecule has 0 bridgehead atoms. The van der Waals surface area contributed by atoms with Crippen molar-refractivity contribution in [3.8, 4) is 0 Å². The molecule has 1 fully saturated rings. The largest absolute Gasteiger partial charge is 0.444 e. The highest BCUT2D eigenvalue weighted by molar-refractivity contribution is 6.99. The highest BCUT2D eigenvalue weighted by Gasteiger charge is 2.57. The average Bonchev–Trinajstić information content (AvgIpc) is 2.99. The lowest BCUT2D eigenvalue weighted by molar-refractivity contribution is -0.0602. The maximum absolute atomic E-state index is 13.2. The molecule has 1 aliphatic heterocycles. The van der Waals surface area contributed by atoms with E-state index < -0.39 is 19.6 Å². The van der Waals surface area contributed by atoms with Crippen LogP contribution in [0.1, 0.15) is 54.9 Å². The number of amides is 1. The number of carbonyl (C=O) groups is 1. The summed E-state index contributed by atoms with van der Waals surface area (Å²) in [4.78, 5) is 14.9. The van der Waals surface area contributed by atoms with Crippen molar-refractivity contribution in [2.24, 2.45) is 5.73 Å². The molecule has 2 N–H and O–H groups in total. The maximum atomic E-state index is 13.2. The molecule has 1 heterocycles. The lowest BCUT2D eigenvalue weighted by Gasteiger charge is -2.49. The third-order valence-electron chi connectivity index (χ3n) is 6.03. The zero-order valence-corrected chi connectivity index (χ0v) is 21.5. The minimum Gasteiger partial charge on any atom is -0.444 e. The van der Waals surface area contributed by atoms with Crippen LogP contribution >= 0.6 is 0 Å². The Balaban J connectivity index is 2.17. The number of likely N-dealkylation sites (tertiary alicyclic amines) is 1. The van der Waals surface area contributed by atoms with Crippen molar-refractivity contribution in [3.63, 3.8) is 0 Å². The second-order valence-corrected chi connectivity index (χ2v) is 15.2. The number of carbonyl (C=O) groups excluding carboxylic acids is 1. The van der Waals surface area contributed by atoms with Crippen LogP contribution in [0.25, 0.3) is 0 Å². The number of rotatable bonds is 4. The van der Waals surface area contributed by atoms with Crippen molar-refractivity contribution >= 4 is 24.8 Å². The topological polar surface area (TPSA) is 64.8 Å². The first-order valence-electron chi connectivity index (χ1n) is 11.4. The molecule has 174 valence electrons. The van der Waals surface area contributed by atoms with Crippen LogP contribution < -0.4 is 16.1 Å². The fourth-order valence-corrected chi connectivity index (χ4v) is 9.53. The highest BCUT2D eigenvalue weighted by atomic mass is 28.4. The van der Waals surface area contributed by atoms with E-state index in [0.717, 1.165) is 0 Å². The molecule has 2 atom stereocenters. The monoisotopic (exact) mass is 454 g/mol. The molecule has 0 aliphatic carbocycles. The van der Waals surface area contributed by atoms with Gasteiger partial charge >= 0.3 is 6.09 Å². The van der Waals surface area contributed by atoms with Gasteiger partial charge in [-0.05, 0) is 43.1 Å². The molecule has 0 radical (unpaired) electrons. The number of nitrogens with zero attached hydrogens (tertiary/aromatic N) is 1. The Hall–Kier alpha value is -2.15. The van der Waals surface area contributed by atoms with Gasteiger partial charge in [-0.1, -0.05) is 81.4 Å². The number of hydrogen-bond donors (Lipinski definition) is 1. The van der Waals surface area contributed by atoms with E-state index in [1.54, 1.807) is 4.90 Å². The molecule has 1 amide bonds. The first kappa shape index (κ1) is 24.5. The molecule has 0 aromatic heterocycles. The molecule has 2 aromatic carbocycles. The van der Waals surface area contributed by atoms with E-state index in [1.165, 1.54) is 10.4 Å². The smallest absolute Gasteiger partial charge is 0.412 e. The summed E-state index contributed by atoms with van der Waals surface area (Å²) in [5.41, 5.74) is 4.92. The fraction of sp³-hybridized carbons (Fsp3) is 0.500. The average molecular weight is 455 g/mol. The van der Waals surface area contributed by atoms with Crippen molar-refractivity contribution in [1.82, 2.24) is 4.90 Å². The van der Waals surface area contributed by atoms with Gasteiger partial charge in [0.05, 0.1) is 0 Å². The van der Waals surface area contributed by atoms with Gasteiger partial charge in [-0.25, -0.2) is 4.79 Å². The molecular formula is C26H38N2O3Si. The van der Waals surface area contributed by atoms with Crippen LogP contribution in [-0.4, -0.2) is 43.2 Å². The second kappa shape index (κ2) is 8.65. The number of ether oxygens (including phenoxy) is 1. The van der Waals surface area contributed by atoms with E-state index in [-0.39, 0.29) is 17.2 Å². The van der Waals surface area contributed by atoms with Crippen molar-refractivity contribution in [3.05, 3.63) is 60.7 Å². The highest BCUT2D eigenvalue weighted by Crippen LogP contribution is 2.43. The molecule has 1 saturated heterocycles. The van der Waals surface area contributed by atoms with Gasteiger partial charge in [-0.15, -0.1) is 0 Å². The summed E-state index contributed by atoms with van der Waals surface area (Å²) in [6.07, 6.45) is 0.169. The summed E-state index contributed by atoms with van der Waals surface area (Å²) in [6, 6.07) is 20.7. The predicted molar refractivity (Wildman–Crippen MR) is 133 cm³/mol. The van der Waals surface area contributed by atoms with E-state index in [9.17, 15) is 4.79 Å². The molecule has 1 unspecified atom stereocenters. The summed E-state index contributed by atoms with van der Waals surface area (Å²) >= 11 is 0. The number of nitrogens with two attached hydrogens (primary N) is 1. The Bertz CT molecular complexity index is 882. The molecular weight excluding hydrogens is 416 g/mol. The van der Waals surface area contributed by atoms with E-state index in [2.05, 4.69) is 69.3 Å². The lowest BCUT2D eigenvalue weighted by atomic mass is 10.1. The zero-order valence-electron chi connectivity index (χ0n) is 20.5. The number of benzene rings is 2. The van der Waals surface area contributed by atoms with Crippen molar-refractivity contribution in [2.45, 2.75) is 77.3 Å². The van der Waals surface area contributed by atoms with E-state index in [4.69, 9.17) is 14.9 Å². The minimum atomic E-state index is -2.87. The minimum absolute atomic E-state index is 0.175. The summed E-state index contributed by atoms with van der Waals surface area (Å²) in [6.45, 7) is 14.7. The summed E-state index contributed by atoms with van der Waals surface area (Å²) in [7, 11) is -2.87. The van der Waals surface area contributed by atoms with Gasteiger partial charge in [-0.2, -0.15) is 0 Å². The molecule has 2 aromatic rings. The van der Waals surface area contributed by atoms with Crippen LogP contribution in [-0.2, 0) is 9.16 Å².